The van der Waals surface area contributed by atoms with Crippen LogP contribution in [0.4, 0.5) is 9.93 Å². The fraction of sp³-hybridized carbons (Fsp3) is 0.542. The number of carbonyl (C=O) groups excluding carboxylic acids is 3. The number of thiazole rings is 1. The van der Waals surface area contributed by atoms with Gasteiger partial charge < -0.3 is 15.0 Å². The van der Waals surface area contributed by atoms with Gasteiger partial charge in [-0.1, -0.05) is 19.9 Å². The van der Waals surface area contributed by atoms with Crippen molar-refractivity contribution in [2.45, 2.75) is 64.6 Å². The summed E-state index contributed by atoms with van der Waals surface area (Å²) in [5, 5.41) is 5.13. The average molecular weight is 501 g/mol. The Morgan fingerprint density at radius 3 is 2.63 bits per heavy atom. The van der Waals surface area contributed by atoms with E-state index in [2.05, 4.69) is 31.0 Å². The normalized spacial score (nSPS) is 15.9. The number of hydrogen-bond donors (Lipinski definition) is 3. The zero-order valence-electron chi connectivity index (χ0n) is 20.0. The molecule has 2 aromatic heterocycles. The number of pyridine rings is 1. The highest BCUT2D eigenvalue weighted by molar-refractivity contribution is 7.14. The first-order valence-corrected chi connectivity index (χ1v) is 12.9. The Labute approximate surface area is 208 Å². The highest BCUT2D eigenvalue weighted by atomic mass is 32.1. The summed E-state index contributed by atoms with van der Waals surface area (Å²) in [5.41, 5.74) is 5.69. The lowest BCUT2D eigenvalue weighted by atomic mass is 10.0. The van der Waals surface area contributed by atoms with E-state index in [1.165, 1.54) is 37.0 Å². The number of carbonyl (C=O) groups is 3. The van der Waals surface area contributed by atoms with Crippen LogP contribution in [0.3, 0.4) is 0 Å². The van der Waals surface area contributed by atoms with E-state index in [9.17, 15) is 14.4 Å². The number of hydrazine groups is 1. The molecule has 2 aliphatic carbocycles. The molecule has 11 heteroatoms. The number of ether oxygens (including phenoxy) is 1. The molecule has 0 radical (unpaired) electrons. The summed E-state index contributed by atoms with van der Waals surface area (Å²) >= 11 is 1.45. The first kappa shape index (κ1) is 24.9. The number of nitrogens with zero attached hydrogens (tertiary/aromatic N) is 3. The molecule has 0 spiro atoms. The second-order valence-corrected chi connectivity index (χ2v) is 10.3. The Hall–Kier alpha value is -3.21. The van der Waals surface area contributed by atoms with E-state index in [-0.39, 0.29) is 18.2 Å². The minimum Gasteiger partial charge on any atom is -0.443 e. The number of aromatic nitrogens is 2. The van der Waals surface area contributed by atoms with E-state index in [0.29, 0.717) is 18.2 Å². The summed E-state index contributed by atoms with van der Waals surface area (Å²) in [4.78, 5) is 48.5. The molecule has 35 heavy (non-hydrogen) atoms. The van der Waals surface area contributed by atoms with Crippen LogP contribution in [-0.2, 0) is 16.1 Å². The second-order valence-electron chi connectivity index (χ2n) is 9.51. The summed E-state index contributed by atoms with van der Waals surface area (Å²) in [6.07, 6.45) is 6.10. The largest absolute Gasteiger partial charge is 0.443 e. The van der Waals surface area contributed by atoms with Gasteiger partial charge >= 0.3 is 6.09 Å². The molecule has 0 aromatic carbocycles. The van der Waals surface area contributed by atoms with Crippen LogP contribution in [0.2, 0.25) is 0 Å². The third kappa shape index (κ3) is 7.64. The maximum Gasteiger partial charge on any atom is 0.408 e. The van der Waals surface area contributed by atoms with Crippen molar-refractivity contribution in [2.75, 3.05) is 11.4 Å². The molecule has 0 saturated heterocycles. The van der Waals surface area contributed by atoms with Gasteiger partial charge in [0.25, 0.3) is 11.8 Å². The molecule has 0 aliphatic heterocycles. The molecule has 188 valence electrons. The highest BCUT2D eigenvalue weighted by Crippen LogP contribution is 2.38. The zero-order chi connectivity index (χ0) is 24.8. The quantitative estimate of drug-likeness (QED) is 0.405. The molecule has 2 aliphatic rings. The van der Waals surface area contributed by atoms with Crippen LogP contribution in [-0.4, -0.2) is 46.5 Å². The molecule has 3 N–H and O–H groups in total. The Balaban J connectivity index is 1.27. The topological polar surface area (TPSA) is 126 Å². The van der Waals surface area contributed by atoms with E-state index in [1.54, 1.807) is 29.8 Å². The maximum absolute atomic E-state index is 12.7. The Kier molecular flexibility index (Phi) is 8.17. The van der Waals surface area contributed by atoms with Gasteiger partial charge in [-0.25, -0.2) is 9.78 Å². The standard InChI is InChI=1S/C24H32N6O4S/c1-15(2)11-19(27-24(33)34-13-17-5-3-4-10-25-17)21(31)28-29-22(32)20-14-35-23(26-20)30(18-8-9-18)12-16-6-7-16/h3-5,10,14-16,18-19H,6-9,11-13H2,1-2H3,(H,27,33)(H,28,31)(H,29,32)/t19-/m0/s1. The summed E-state index contributed by atoms with van der Waals surface area (Å²) in [6.45, 7) is 4.85. The molecule has 2 fully saturated rings. The predicted molar refractivity (Wildman–Crippen MR) is 132 cm³/mol. The Morgan fingerprint density at radius 2 is 1.97 bits per heavy atom. The van der Waals surface area contributed by atoms with Gasteiger partial charge in [0.2, 0.25) is 0 Å². The highest BCUT2D eigenvalue weighted by Gasteiger charge is 2.35. The van der Waals surface area contributed by atoms with E-state index < -0.39 is 23.9 Å². The first-order valence-electron chi connectivity index (χ1n) is 12.0. The van der Waals surface area contributed by atoms with Crippen LogP contribution >= 0.6 is 11.3 Å². The van der Waals surface area contributed by atoms with Crippen LogP contribution in [0.1, 0.15) is 62.1 Å². The van der Waals surface area contributed by atoms with Crippen LogP contribution in [0.5, 0.6) is 0 Å². The fourth-order valence-electron chi connectivity index (χ4n) is 3.63. The third-order valence-corrected chi connectivity index (χ3v) is 6.68. The minimum atomic E-state index is -0.874. The number of rotatable bonds is 11. The van der Waals surface area contributed by atoms with Gasteiger partial charge in [-0.05, 0) is 56.1 Å². The van der Waals surface area contributed by atoms with Crippen LogP contribution in [0.15, 0.2) is 29.8 Å². The lowest BCUT2D eigenvalue weighted by Crippen LogP contribution is -2.52. The number of alkyl carbamates (subject to hydrolysis) is 1. The zero-order valence-corrected chi connectivity index (χ0v) is 20.8. The van der Waals surface area contributed by atoms with E-state index >= 15 is 0 Å². The Bertz CT molecular complexity index is 1020. The minimum absolute atomic E-state index is 0.00971. The molecule has 2 saturated carbocycles. The molecule has 4 rings (SSSR count). The van der Waals surface area contributed by atoms with Crippen molar-refractivity contribution in [1.29, 1.82) is 0 Å². The molecule has 0 bridgehead atoms. The maximum atomic E-state index is 12.7. The first-order chi connectivity index (χ1) is 16.9. The molecule has 10 nitrogen and oxygen atoms in total. The Morgan fingerprint density at radius 1 is 1.17 bits per heavy atom. The predicted octanol–water partition coefficient (Wildman–Crippen LogP) is 3.02. The number of hydrogen-bond acceptors (Lipinski definition) is 8. The van der Waals surface area contributed by atoms with Gasteiger partial charge in [-0.15, -0.1) is 11.3 Å². The lowest BCUT2D eigenvalue weighted by Gasteiger charge is -2.21. The SMILES string of the molecule is CC(C)C[C@H](NC(=O)OCc1ccccn1)C(=O)NNC(=O)c1csc(N(CC2CC2)C2CC2)n1. The number of nitrogens with one attached hydrogen (secondary N) is 3. The van der Waals surface area contributed by atoms with Crippen molar-refractivity contribution in [2.24, 2.45) is 11.8 Å². The molecule has 1 atom stereocenters. The molecular formula is C24H32N6O4S. The van der Waals surface area contributed by atoms with Gasteiger partial charge in [0.15, 0.2) is 5.13 Å². The lowest BCUT2D eigenvalue weighted by molar-refractivity contribution is -0.124. The smallest absolute Gasteiger partial charge is 0.408 e. The second kappa shape index (κ2) is 11.5. The van der Waals surface area contributed by atoms with Crippen LogP contribution in [0.25, 0.3) is 0 Å². The van der Waals surface area contributed by atoms with Crippen molar-refractivity contribution < 1.29 is 19.1 Å². The summed E-state index contributed by atoms with van der Waals surface area (Å²) in [5.74, 6) is -0.176. The molecule has 2 aromatic rings. The number of anilines is 1. The van der Waals surface area contributed by atoms with Gasteiger partial charge in [0.1, 0.15) is 18.3 Å². The van der Waals surface area contributed by atoms with Crippen molar-refractivity contribution in [1.82, 2.24) is 26.1 Å². The number of amides is 3. The van der Waals surface area contributed by atoms with E-state index in [1.807, 2.05) is 13.8 Å². The van der Waals surface area contributed by atoms with E-state index in [0.717, 1.165) is 17.6 Å². The summed E-state index contributed by atoms with van der Waals surface area (Å²) in [6, 6.07) is 4.95. The van der Waals surface area contributed by atoms with E-state index in [4.69, 9.17) is 4.74 Å². The van der Waals surface area contributed by atoms with Crippen molar-refractivity contribution in [3.8, 4) is 0 Å². The summed E-state index contributed by atoms with van der Waals surface area (Å²) in [7, 11) is 0. The molecule has 3 amide bonds. The van der Waals surface area contributed by atoms with Crippen molar-refractivity contribution in [3.05, 3.63) is 41.2 Å². The van der Waals surface area contributed by atoms with Gasteiger partial charge in [0, 0.05) is 24.2 Å². The fourth-order valence-corrected chi connectivity index (χ4v) is 4.51. The van der Waals surface area contributed by atoms with Crippen molar-refractivity contribution in [3.63, 3.8) is 0 Å². The molecule has 0 unspecified atom stereocenters. The van der Waals surface area contributed by atoms with Crippen LogP contribution in [0, 0.1) is 11.8 Å². The third-order valence-electron chi connectivity index (χ3n) is 5.80. The van der Waals surface area contributed by atoms with Gasteiger partial charge in [0.05, 0.1) is 5.69 Å². The van der Waals surface area contributed by atoms with Crippen LogP contribution < -0.4 is 21.1 Å². The summed E-state index contributed by atoms with van der Waals surface area (Å²) < 4.78 is 5.17. The van der Waals surface area contributed by atoms with Crippen molar-refractivity contribution >= 4 is 34.4 Å². The average Bonchev–Trinajstić information content (AvgIpc) is 3.78. The van der Waals surface area contributed by atoms with Gasteiger partial charge in [-0.3, -0.25) is 25.4 Å². The van der Waals surface area contributed by atoms with Gasteiger partial charge in [-0.2, -0.15) is 0 Å². The molecule has 2 heterocycles. The molecular weight excluding hydrogens is 468 g/mol. The monoisotopic (exact) mass is 500 g/mol.